The van der Waals surface area contributed by atoms with E-state index in [4.69, 9.17) is 10.8 Å². The number of nitrogens with zero attached hydrogens (tertiary/aromatic N) is 1. The van der Waals surface area contributed by atoms with Crippen LogP contribution in [0.2, 0.25) is 0 Å². The topological polar surface area (TPSA) is 88.2 Å². The van der Waals surface area contributed by atoms with Gasteiger partial charge in [-0.15, -0.1) is 0 Å². The number of nitrogen functional groups attached to an aromatic ring is 1. The number of unbranched alkanes of at least 4 members (excludes halogenated alkanes) is 5. The first-order valence-corrected chi connectivity index (χ1v) is 6.87. The maximum absolute atomic E-state index is 11.0. The van der Waals surface area contributed by atoms with Crippen LogP contribution in [0.1, 0.15) is 55.8 Å². The van der Waals surface area contributed by atoms with Gasteiger partial charge in [0.25, 0.3) is 0 Å². The second-order valence-corrected chi connectivity index (χ2v) is 4.66. The standard InChI is InChI=1S/C14H23N3O2/c1-2-3-4-5-6-7-8-16-13-12(14(18)19)9-11(15)10-17-13/h9-10H,2-8,15H2,1H3,(H,16,17)(H,18,19). The molecule has 1 rings (SSSR count). The average molecular weight is 265 g/mol. The van der Waals surface area contributed by atoms with Crippen LogP contribution in [0.4, 0.5) is 11.5 Å². The van der Waals surface area contributed by atoms with Crippen LogP contribution in [0.5, 0.6) is 0 Å². The van der Waals surface area contributed by atoms with E-state index in [9.17, 15) is 4.79 Å². The van der Waals surface area contributed by atoms with Crippen LogP contribution in [0.3, 0.4) is 0 Å². The maximum atomic E-state index is 11.0. The fourth-order valence-corrected chi connectivity index (χ4v) is 1.90. The Bertz CT molecular complexity index is 408. The third-order valence-electron chi connectivity index (χ3n) is 2.96. The number of rotatable bonds is 9. The fraction of sp³-hybridized carbons (Fsp3) is 0.571. The second-order valence-electron chi connectivity index (χ2n) is 4.66. The molecule has 1 heterocycles. The predicted molar refractivity (Wildman–Crippen MR) is 77.5 cm³/mol. The second kappa shape index (κ2) is 8.34. The van der Waals surface area contributed by atoms with Gasteiger partial charge in [0.05, 0.1) is 11.9 Å². The summed E-state index contributed by atoms with van der Waals surface area (Å²) in [7, 11) is 0. The van der Waals surface area contributed by atoms with Crippen molar-refractivity contribution in [2.45, 2.75) is 45.4 Å². The molecule has 106 valence electrons. The smallest absolute Gasteiger partial charge is 0.339 e. The van der Waals surface area contributed by atoms with E-state index in [-0.39, 0.29) is 5.56 Å². The lowest BCUT2D eigenvalue weighted by molar-refractivity contribution is 0.0697. The van der Waals surface area contributed by atoms with Crippen molar-refractivity contribution < 1.29 is 9.90 Å². The minimum Gasteiger partial charge on any atom is -0.478 e. The minimum atomic E-state index is -1.01. The van der Waals surface area contributed by atoms with Crippen LogP contribution >= 0.6 is 0 Å². The molecule has 1 aromatic rings. The summed E-state index contributed by atoms with van der Waals surface area (Å²) >= 11 is 0. The number of carboxylic acids is 1. The summed E-state index contributed by atoms with van der Waals surface area (Å²) in [5.41, 5.74) is 6.03. The van der Waals surface area contributed by atoms with Crippen molar-refractivity contribution in [3.63, 3.8) is 0 Å². The van der Waals surface area contributed by atoms with Gasteiger partial charge in [0.1, 0.15) is 11.4 Å². The van der Waals surface area contributed by atoms with Crippen LogP contribution in [0.15, 0.2) is 12.3 Å². The van der Waals surface area contributed by atoms with Crippen molar-refractivity contribution in [1.29, 1.82) is 0 Å². The third kappa shape index (κ3) is 5.59. The van der Waals surface area contributed by atoms with Gasteiger partial charge in [0.15, 0.2) is 0 Å². The molecule has 5 heteroatoms. The monoisotopic (exact) mass is 265 g/mol. The molecule has 19 heavy (non-hydrogen) atoms. The van der Waals surface area contributed by atoms with Crippen LogP contribution in [-0.2, 0) is 0 Å². The molecule has 0 aliphatic rings. The number of hydrogen-bond acceptors (Lipinski definition) is 4. The van der Waals surface area contributed by atoms with Crippen molar-refractivity contribution in [3.8, 4) is 0 Å². The normalized spacial score (nSPS) is 10.4. The first-order chi connectivity index (χ1) is 9.15. The summed E-state index contributed by atoms with van der Waals surface area (Å²) in [6.07, 6.45) is 8.69. The Kier molecular flexibility index (Phi) is 6.71. The fourth-order valence-electron chi connectivity index (χ4n) is 1.90. The van der Waals surface area contributed by atoms with Crippen LogP contribution < -0.4 is 11.1 Å². The molecule has 0 radical (unpaired) electrons. The summed E-state index contributed by atoms with van der Waals surface area (Å²) in [5, 5.41) is 12.1. The Morgan fingerprint density at radius 2 is 2.00 bits per heavy atom. The number of nitrogens with one attached hydrogen (secondary N) is 1. The number of pyridine rings is 1. The molecule has 0 spiro atoms. The minimum absolute atomic E-state index is 0.131. The lowest BCUT2D eigenvalue weighted by Gasteiger charge is -2.09. The first-order valence-electron chi connectivity index (χ1n) is 6.87. The zero-order valence-corrected chi connectivity index (χ0v) is 11.5. The quantitative estimate of drug-likeness (QED) is 0.597. The van der Waals surface area contributed by atoms with Gasteiger partial charge in [-0.3, -0.25) is 0 Å². The summed E-state index contributed by atoms with van der Waals surface area (Å²) in [5.74, 6) is -0.611. The zero-order chi connectivity index (χ0) is 14.1. The predicted octanol–water partition coefficient (Wildman–Crippen LogP) is 3.13. The molecule has 0 aromatic carbocycles. The Labute approximate surface area is 114 Å². The number of carboxylic acid groups (broad SMARTS) is 1. The molecule has 0 unspecified atom stereocenters. The van der Waals surface area contributed by atoms with Crippen LogP contribution in [0, 0.1) is 0 Å². The molecule has 1 aromatic heterocycles. The number of nitrogens with two attached hydrogens (primary N) is 1. The number of hydrogen-bond donors (Lipinski definition) is 3. The molecular weight excluding hydrogens is 242 g/mol. The number of anilines is 2. The number of aromatic carboxylic acids is 1. The lowest BCUT2D eigenvalue weighted by atomic mass is 10.1. The van der Waals surface area contributed by atoms with Crippen molar-refractivity contribution >= 4 is 17.5 Å². The van der Waals surface area contributed by atoms with Crippen molar-refractivity contribution in [2.75, 3.05) is 17.6 Å². The Morgan fingerprint density at radius 1 is 1.32 bits per heavy atom. The summed E-state index contributed by atoms with van der Waals surface area (Å²) in [4.78, 5) is 15.1. The summed E-state index contributed by atoms with van der Waals surface area (Å²) < 4.78 is 0. The Hall–Kier alpha value is -1.78. The molecular formula is C14H23N3O2. The number of aromatic nitrogens is 1. The van der Waals surface area contributed by atoms with Gasteiger partial charge < -0.3 is 16.2 Å². The molecule has 5 nitrogen and oxygen atoms in total. The molecule has 0 aliphatic heterocycles. The van der Waals surface area contributed by atoms with E-state index >= 15 is 0 Å². The van der Waals surface area contributed by atoms with Gasteiger partial charge in [-0.05, 0) is 12.5 Å². The third-order valence-corrected chi connectivity index (χ3v) is 2.96. The molecule has 0 amide bonds. The molecule has 4 N–H and O–H groups in total. The average Bonchev–Trinajstić information content (AvgIpc) is 2.39. The number of carbonyl (C=O) groups is 1. The summed E-state index contributed by atoms with van der Waals surface area (Å²) in [6, 6.07) is 1.43. The van der Waals surface area contributed by atoms with Gasteiger partial charge in [0.2, 0.25) is 0 Å². The van der Waals surface area contributed by atoms with Crippen LogP contribution in [-0.4, -0.2) is 22.6 Å². The van der Waals surface area contributed by atoms with E-state index in [1.54, 1.807) is 0 Å². The van der Waals surface area contributed by atoms with Gasteiger partial charge in [-0.25, -0.2) is 9.78 Å². The van der Waals surface area contributed by atoms with E-state index < -0.39 is 5.97 Å². The molecule has 0 saturated heterocycles. The van der Waals surface area contributed by atoms with E-state index in [1.807, 2.05) is 0 Å². The van der Waals surface area contributed by atoms with E-state index in [2.05, 4.69) is 17.2 Å². The van der Waals surface area contributed by atoms with Crippen molar-refractivity contribution in [1.82, 2.24) is 4.98 Å². The van der Waals surface area contributed by atoms with Gasteiger partial charge in [-0.1, -0.05) is 39.0 Å². The van der Waals surface area contributed by atoms with Gasteiger partial charge in [0, 0.05) is 6.54 Å². The zero-order valence-electron chi connectivity index (χ0n) is 11.5. The largest absolute Gasteiger partial charge is 0.478 e. The highest BCUT2D eigenvalue weighted by molar-refractivity contribution is 5.94. The SMILES string of the molecule is CCCCCCCCNc1ncc(N)cc1C(=O)O. The van der Waals surface area contributed by atoms with Crippen LogP contribution in [0.25, 0.3) is 0 Å². The van der Waals surface area contributed by atoms with Gasteiger partial charge in [-0.2, -0.15) is 0 Å². The highest BCUT2D eigenvalue weighted by Crippen LogP contribution is 2.15. The highest BCUT2D eigenvalue weighted by atomic mass is 16.4. The molecule has 0 bridgehead atoms. The molecule has 0 aliphatic carbocycles. The van der Waals surface area contributed by atoms with Gasteiger partial charge >= 0.3 is 5.97 Å². The Balaban J connectivity index is 2.35. The van der Waals surface area contributed by atoms with E-state index in [0.29, 0.717) is 11.5 Å². The Morgan fingerprint density at radius 3 is 2.68 bits per heavy atom. The molecule has 0 fully saturated rings. The summed E-state index contributed by atoms with van der Waals surface area (Å²) in [6.45, 7) is 2.94. The lowest BCUT2D eigenvalue weighted by Crippen LogP contribution is -2.10. The molecule has 0 atom stereocenters. The highest BCUT2D eigenvalue weighted by Gasteiger charge is 2.11. The van der Waals surface area contributed by atoms with E-state index in [1.165, 1.54) is 37.9 Å². The van der Waals surface area contributed by atoms with E-state index in [0.717, 1.165) is 19.4 Å². The van der Waals surface area contributed by atoms with Crippen molar-refractivity contribution in [3.05, 3.63) is 17.8 Å². The maximum Gasteiger partial charge on any atom is 0.339 e. The first kappa shape index (κ1) is 15.3. The molecule has 0 saturated carbocycles. The van der Waals surface area contributed by atoms with Crippen molar-refractivity contribution in [2.24, 2.45) is 0 Å².